The summed E-state index contributed by atoms with van der Waals surface area (Å²) in [5.41, 5.74) is 0.630. The van der Waals surface area contributed by atoms with Crippen molar-refractivity contribution in [2.45, 2.75) is 19.1 Å². The highest BCUT2D eigenvalue weighted by Crippen LogP contribution is 2.34. The monoisotopic (exact) mass is 567 g/mol. The first kappa shape index (κ1) is 25.2. The van der Waals surface area contributed by atoms with Crippen molar-refractivity contribution in [2.75, 3.05) is 13.2 Å². The number of carboxylic acids is 1. The normalized spacial score (nSPS) is 11.4. The summed E-state index contributed by atoms with van der Waals surface area (Å²) >= 11 is 3.41. The minimum absolute atomic E-state index is 0.0692. The maximum Gasteiger partial charge on any atom is 0.416 e. The molecule has 0 spiro atoms. The SMILES string of the molecule is O=C(O)Cn1nnc(-c2cc(OCCCOc3cc(-c4ccc(C(F)(F)F)cc4)ccc3Br)no2)n1. The summed E-state index contributed by atoms with van der Waals surface area (Å²) in [5.74, 6) is -0.153. The van der Waals surface area contributed by atoms with Gasteiger partial charge in [-0.15, -0.1) is 10.2 Å². The predicted molar refractivity (Wildman–Crippen MR) is 121 cm³/mol. The lowest BCUT2D eigenvalue weighted by Gasteiger charge is -2.11. The molecule has 0 saturated carbocycles. The molecule has 0 amide bonds. The zero-order chi connectivity index (χ0) is 25.7. The fraction of sp³-hybridized carbons (Fsp3) is 0.227. The highest BCUT2D eigenvalue weighted by atomic mass is 79.9. The quantitative estimate of drug-likeness (QED) is 0.271. The Morgan fingerprint density at radius 2 is 1.78 bits per heavy atom. The van der Waals surface area contributed by atoms with E-state index in [1.165, 1.54) is 18.2 Å². The van der Waals surface area contributed by atoms with Gasteiger partial charge < -0.3 is 19.1 Å². The molecule has 0 saturated heterocycles. The van der Waals surface area contributed by atoms with E-state index in [0.717, 1.165) is 16.9 Å². The molecule has 4 rings (SSSR count). The largest absolute Gasteiger partial charge is 0.492 e. The number of tetrazole rings is 1. The van der Waals surface area contributed by atoms with E-state index in [1.807, 2.05) is 0 Å². The standard InChI is InChI=1S/C22H17BrF3N5O5/c23-16-7-4-14(13-2-5-15(6-3-13)22(24,25)26)10-17(16)34-8-1-9-35-19-11-18(36-29-19)21-27-30-31(28-21)12-20(32)33/h2-7,10-11H,1,8-9,12H2,(H,32,33). The summed E-state index contributed by atoms with van der Waals surface area (Å²) in [5, 5.41) is 23.7. The average Bonchev–Trinajstić information content (AvgIpc) is 3.49. The molecule has 0 aliphatic carbocycles. The van der Waals surface area contributed by atoms with Gasteiger partial charge in [0.1, 0.15) is 5.75 Å². The van der Waals surface area contributed by atoms with Crippen molar-refractivity contribution in [3.8, 4) is 34.3 Å². The molecule has 0 bridgehead atoms. The van der Waals surface area contributed by atoms with Crippen LogP contribution in [0.1, 0.15) is 12.0 Å². The number of alkyl halides is 3. The van der Waals surface area contributed by atoms with Crippen LogP contribution in [-0.4, -0.2) is 49.7 Å². The zero-order valence-electron chi connectivity index (χ0n) is 18.3. The van der Waals surface area contributed by atoms with Crippen molar-refractivity contribution in [3.05, 3.63) is 58.6 Å². The number of carboxylic acid groups (broad SMARTS) is 1. The van der Waals surface area contributed by atoms with Gasteiger partial charge in [0.15, 0.2) is 6.54 Å². The second kappa shape index (κ2) is 10.8. The van der Waals surface area contributed by atoms with Crippen molar-refractivity contribution in [2.24, 2.45) is 0 Å². The van der Waals surface area contributed by atoms with Crippen LogP contribution in [0.5, 0.6) is 11.6 Å². The predicted octanol–water partition coefficient (Wildman–Crippen LogP) is 4.71. The molecule has 0 atom stereocenters. The number of halogens is 4. The maximum absolute atomic E-state index is 12.8. The van der Waals surface area contributed by atoms with E-state index in [4.69, 9.17) is 19.1 Å². The molecule has 188 valence electrons. The smallest absolute Gasteiger partial charge is 0.416 e. The van der Waals surface area contributed by atoms with E-state index in [-0.39, 0.29) is 24.1 Å². The van der Waals surface area contributed by atoms with Crippen LogP contribution in [0.4, 0.5) is 13.2 Å². The van der Waals surface area contributed by atoms with Gasteiger partial charge in [-0.25, -0.2) is 0 Å². The summed E-state index contributed by atoms with van der Waals surface area (Å²) in [6, 6.07) is 11.6. The van der Waals surface area contributed by atoms with Gasteiger partial charge in [0.05, 0.1) is 29.3 Å². The second-order valence-electron chi connectivity index (χ2n) is 7.34. The van der Waals surface area contributed by atoms with Gasteiger partial charge in [0, 0.05) is 6.42 Å². The van der Waals surface area contributed by atoms with Crippen LogP contribution in [-0.2, 0) is 17.5 Å². The lowest BCUT2D eigenvalue weighted by molar-refractivity contribution is -0.138. The first-order chi connectivity index (χ1) is 17.2. The Balaban J connectivity index is 1.27. The number of nitrogens with zero attached hydrogens (tertiary/aromatic N) is 5. The third-order valence-corrected chi connectivity index (χ3v) is 5.37. The van der Waals surface area contributed by atoms with Gasteiger partial charge in [-0.05, 0) is 61.7 Å². The second-order valence-corrected chi connectivity index (χ2v) is 8.19. The number of hydrogen-bond donors (Lipinski definition) is 1. The first-order valence-electron chi connectivity index (χ1n) is 10.4. The topological polar surface area (TPSA) is 125 Å². The summed E-state index contributed by atoms with van der Waals surface area (Å²) in [7, 11) is 0. The molecule has 2 aromatic carbocycles. The van der Waals surface area contributed by atoms with Crippen molar-refractivity contribution in [1.82, 2.24) is 25.4 Å². The van der Waals surface area contributed by atoms with E-state index in [1.54, 1.807) is 18.2 Å². The Morgan fingerprint density at radius 1 is 1.06 bits per heavy atom. The number of benzene rings is 2. The fourth-order valence-corrected chi connectivity index (χ4v) is 3.39. The average molecular weight is 568 g/mol. The van der Waals surface area contributed by atoms with Crippen LogP contribution >= 0.6 is 15.9 Å². The first-order valence-corrected chi connectivity index (χ1v) is 11.2. The molecule has 10 nitrogen and oxygen atoms in total. The number of ether oxygens (including phenoxy) is 2. The van der Waals surface area contributed by atoms with E-state index >= 15 is 0 Å². The number of rotatable bonds is 10. The number of carbonyl (C=O) groups is 1. The van der Waals surface area contributed by atoms with Gasteiger partial charge in [-0.2, -0.15) is 18.0 Å². The maximum atomic E-state index is 12.8. The Kier molecular flexibility index (Phi) is 7.52. The van der Waals surface area contributed by atoms with E-state index < -0.39 is 24.3 Å². The number of aliphatic carboxylic acids is 1. The molecule has 14 heteroatoms. The van der Waals surface area contributed by atoms with Gasteiger partial charge in [-0.3, -0.25) is 4.79 Å². The Hall–Kier alpha value is -3.94. The Bertz CT molecular complexity index is 1340. The molecule has 1 N–H and O–H groups in total. The van der Waals surface area contributed by atoms with E-state index in [2.05, 4.69) is 36.5 Å². The third kappa shape index (κ3) is 6.38. The molecule has 36 heavy (non-hydrogen) atoms. The molecule has 0 fully saturated rings. The Labute approximate surface area is 209 Å². The molecule has 0 aliphatic heterocycles. The summed E-state index contributed by atoms with van der Waals surface area (Å²) < 4.78 is 55.5. The minimum Gasteiger partial charge on any atom is -0.492 e. The molecule has 4 aromatic rings. The summed E-state index contributed by atoms with van der Waals surface area (Å²) in [6.07, 6.45) is -3.90. The minimum atomic E-state index is -4.39. The lowest BCUT2D eigenvalue weighted by atomic mass is 10.0. The van der Waals surface area contributed by atoms with Crippen LogP contribution in [0.3, 0.4) is 0 Å². The number of hydrogen-bond acceptors (Lipinski definition) is 8. The van der Waals surface area contributed by atoms with Crippen molar-refractivity contribution in [1.29, 1.82) is 0 Å². The Morgan fingerprint density at radius 3 is 2.50 bits per heavy atom. The molecule has 0 radical (unpaired) electrons. The van der Waals surface area contributed by atoms with E-state index in [9.17, 15) is 18.0 Å². The van der Waals surface area contributed by atoms with Gasteiger partial charge in [0.25, 0.3) is 5.88 Å². The van der Waals surface area contributed by atoms with Crippen LogP contribution in [0, 0.1) is 0 Å². The third-order valence-electron chi connectivity index (χ3n) is 4.71. The number of aromatic nitrogens is 5. The van der Waals surface area contributed by atoms with Crippen LogP contribution in [0.2, 0.25) is 0 Å². The molecule has 2 heterocycles. The summed E-state index contributed by atoms with van der Waals surface area (Å²) in [4.78, 5) is 11.6. The van der Waals surface area contributed by atoms with Crippen LogP contribution in [0.15, 0.2) is 57.5 Å². The van der Waals surface area contributed by atoms with Gasteiger partial charge >= 0.3 is 12.1 Å². The van der Waals surface area contributed by atoms with Crippen molar-refractivity contribution in [3.63, 3.8) is 0 Å². The van der Waals surface area contributed by atoms with Crippen LogP contribution in [0.25, 0.3) is 22.7 Å². The molecular weight excluding hydrogens is 551 g/mol. The van der Waals surface area contributed by atoms with Gasteiger partial charge in [0.2, 0.25) is 11.6 Å². The molecular formula is C22H17BrF3N5O5. The molecule has 0 unspecified atom stereocenters. The zero-order valence-corrected chi connectivity index (χ0v) is 19.9. The fourth-order valence-electron chi connectivity index (χ4n) is 3.03. The highest BCUT2D eigenvalue weighted by Gasteiger charge is 2.30. The molecule has 2 aromatic heterocycles. The highest BCUT2D eigenvalue weighted by molar-refractivity contribution is 9.10. The summed E-state index contributed by atoms with van der Waals surface area (Å²) in [6.45, 7) is 0.111. The molecule has 0 aliphatic rings. The lowest BCUT2D eigenvalue weighted by Crippen LogP contribution is -2.11. The van der Waals surface area contributed by atoms with E-state index in [0.29, 0.717) is 34.4 Å². The van der Waals surface area contributed by atoms with Crippen molar-refractivity contribution >= 4 is 21.9 Å². The van der Waals surface area contributed by atoms with Crippen LogP contribution < -0.4 is 9.47 Å². The van der Waals surface area contributed by atoms with Crippen molar-refractivity contribution < 1.29 is 37.1 Å². The van der Waals surface area contributed by atoms with Gasteiger partial charge in [-0.1, -0.05) is 18.2 Å².